The maximum atomic E-state index is 12.3. The van der Waals surface area contributed by atoms with Crippen LogP contribution < -0.4 is 10.9 Å². The van der Waals surface area contributed by atoms with E-state index in [9.17, 15) is 4.79 Å². The highest BCUT2D eigenvalue weighted by atomic mass is 16.5. The molecule has 20 heavy (non-hydrogen) atoms. The molecule has 0 unspecified atom stereocenters. The molecule has 4 heteroatoms. The van der Waals surface area contributed by atoms with Crippen molar-refractivity contribution < 1.29 is 4.74 Å². The van der Waals surface area contributed by atoms with Crippen LogP contribution in [0.5, 0.6) is 0 Å². The number of benzene rings is 1. The summed E-state index contributed by atoms with van der Waals surface area (Å²) in [6, 6.07) is 10.3. The van der Waals surface area contributed by atoms with E-state index in [1.54, 1.807) is 4.57 Å². The summed E-state index contributed by atoms with van der Waals surface area (Å²) < 4.78 is 7.12. The lowest BCUT2D eigenvalue weighted by molar-refractivity contribution is 0.0778. The summed E-state index contributed by atoms with van der Waals surface area (Å²) in [5.41, 5.74) is 0.0943. The highest BCUT2D eigenvalue weighted by Crippen LogP contribution is 2.08. The Morgan fingerprint density at radius 2 is 2.00 bits per heavy atom. The van der Waals surface area contributed by atoms with E-state index in [1.807, 2.05) is 36.5 Å². The van der Waals surface area contributed by atoms with Crippen molar-refractivity contribution >= 4 is 10.8 Å². The fraction of sp³-hybridized carbons (Fsp3) is 0.438. The molecule has 1 aromatic heterocycles. The molecule has 1 aromatic carbocycles. The minimum absolute atomic E-state index is 0.0943. The Morgan fingerprint density at radius 1 is 1.20 bits per heavy atom. The van der Waals surface area contributed by atoms with Gasteiger partial charge in [-0.05, 0) is 30.4 Å². The molecule has 0 radical (unpaired) electrons. The van der Waals surface area contributed by atoms with Crippen LogP contribution in [0, 0.1) is 0 Å². The Balaban J connectivity index is 1.65. The van der Waals surface area contributed by atoms with Gasteiger partial charge in [-0.2, -0.15) is 0 Å². The van der Waals surface area contributed by atoms with E-state index in [1.165, 1.54) is 0 Å². The molecule has 0 spiro atoms. The van der Waals surface area contributed by atoms with E-state index in [4.69, 9.17) is 4.74 Å². The first-order valence-electron chi connectivity index (χ1n) is 7.24. The third kappa shape index (κ3) is 2.92. The number of ether oxygens (including phenoxy) is 1. The van der Waals surface area contributed by atoms with Crippen LogP contribution in [-0.2, 0) is 11.3 Å². The van der Waals surface area contributed by atoms with Crippen LogP contribution in [0.1, 0.15) is 12.8 Å². The van der Waals surface area contributed by atoms with E-state index in [2.05, 4.69) is 5.32 Å². The number of fused-ring (bicyclic) bond motifs is 1. The highest BCUT2D eigenvalue weighted by Gasteiger charge is 2.12. The molecule has 2 aromatic rings. The zero-order valence-electron chi connectivity index (χ0n) is 11.5. The molecule has 1 N–H and O–H groups in total. The molecule has 0 bridgehead atoms. The molecular formula is C16H20N2O2. The molecule has 0 amide bonds. The van der Waals surface area contributed by atoms with Gasteiger partial charge in [0.05, 0.1) is 0 Å². The monoisotopic (exact) mass is 272 g/mol. The summed E-state index contributed by atoms with van der Waals surface area (Å²) in [7, 11) is 0. The average molecular weight is 272 g/mol. The normalized spacial score (nSPS) is 16.6. The summed E-state index contributed by atoms with van der Waals surface area (Å²) in [4.78, 5) is 12.3. The summed E-state index contributed by atoms with van der Waals surface area (Å²) in [5.74, 6) is 0. The van der Waals surface area contributed by atoms with Gasteiger partial charge >= 0.3 is 0 Å². The molecule has 0 aliphatic carbocycles. The van der Waals surface area contributed by atoms with Gasteiger partial charge in [-0.1, -0.05) is 18.2 Å². The second kappa shape index (κ2) is 6.20. The number of pyridine rings is 1. The SMILES string of the molecule is O=c1c2ccccc2ccn1CCNC1CCOCC1. The third-order valence-corrected chi connectivity index (χ3v) is 3.89. The number of hydrogen-bond acceptors (Lipinski definition) is 3. The van der Waals surface area contributed by atoms with Crippen LogP contribution in [-0.4, -0.2) is 30.4 Å². The van der Waals surface area contributed by atoms with Gasteiger partial charge in [-0.3, -0.25) is 4.79 Å². The third-order valence-electron chi connectivity index (χ3n) is 3.89. The molecule has 0 saturated carbocycles. The quantitative estimate of drug-likeness (QED) is 0.922. The lowest BCUT2D eigenvalue weighted by Crippen LogP contribution is -2.37. The zero-order chi connectivity index (χ0) is 13.8. The van der Waals surface area contributed by atoms with Crippen LogP contribution >= 0.6 is 0 Å². The second-order valence-corrected chi connectivity index (χ2v) is 5.24. The summed E-state index contributed by atoms with van der Waals surface area (Å²) >= 11 is 0. The van der Waals surface area contributed by atoms with Crippen LogP contribution in [0.2, 0.25) is 0 Å². The van der Waals surface area contributed by atoms with Crippen molar-refractivity contribution in [3.8, 4) is 0 Å². The molecule has 1 saturated heterocycles. The number of nitrogens with zero attached hydrogens (tertiary/aromatic N) is 1. The van der Waals surface area contributed by atoms with Crippen molar-refractivity contribution in [1.29, 1.82) is 0 Å². The molecule has 1 aliphatic heterocycles. The van der Waals surface area contributed by atoms with Gasteiger partial charge in [0.15, 0.2) is 0 Å². The minimum atomic E-state index is 0.0943. The van der Waals surface area contributed by atoms with Crippen LogP contribution in [0.25, 0.3) is 10.8 Å². The van der Waals surface area contributed by atoms with Crippen molar-refractivity contribution in [1.82, 2.24) is 9.88 Å². The first-order valence-corrected chi connectivity index (χ1v) is 7.24. The Morgan fingerprint density at radius 3 is 2.85 bits per heavy atom. The van der Waals surface area contributed by atoms with E-state index in [0.29, 0.717) is 12.6 Å². The van der Waals surface area contributed by atoms with Crippen molar-refractivity contribution in [2.75, 3.05) is 19.8 Å². The van der Waals surface area contributed by atoms with Gasteiger partial charge in [-0.15, -0.1) is 0 Å². The molecule has 4 nitrogen and oxygen atoms in total. The van der Waals surface area contributed by atoms with Crippen molar-refractivity contribution in [3.05, 3.63) is 46.9 Å². The smallest absolute Gasteiger partial charge is 0.258 e. The molecule has 1 aliphatic rings. The highest BCUT2D eigenvalue weighted by molar-refractivity contribution is 5.81. The number of nitrogens with one attached hydrogen (secondary N) is 1. The van der Waals surface area contributed by atoms with Crippen LogP contribution in [0.3, 0.4) is 0 Å². The number of rotatable bonds is 4. The van der Waals surface area contributed by atoms with Crippen molar-refractivity contribution in [3.63, 3.8) is 0 Å². The van der Waals surface area contributed by atoms with E-state index >= 15 is 0 Å². The zero-order valence-corrected chi connectivity index (χ0v) is 11.5. The predicted octanol–water partition coefficient (Wildman–Crippen LogP) is 1.77. The predicted molar refractivity (Wildman–Crippen MR) is 80.1 cm³/mol. The summed E-state index contributed by atoms with van der Waals surface area (Å²) in [6.07, 6.45) is 4.01. The summed E-state index contributed by atoms with van der Waals surface area (Å²) in [6.45, 7) is 3.21. The average Bonchev–Trinajstić information content (AvgIpc) is 2.51. The first kappa shape index (κ1) is 13.3. The van der Waals surface area contributed by atoms with Crippen molar-refractivity contribution in [2.45, 2.75) is 25.4 Å². The Kier molecular flexibility index (Phi) is 4.14. The van der Waals surface area contributed by atoms with Crippen LogP contribution in [0.15, 0.2) is 41.3 Å². The van der Waals surface area contributed by atoms with Gasteiger partial charge in [0.2, 0.25) is 0 Å². The second-order valence-electron chi connectivity index (χ2n) is 5.24. The standard InChI is InChI=1S/C16H20N2O2/c19-16-15-4-2-1-3-13(15)5-9-18(16)10-8-17-14-6-11-20-12-7-14/h1-5,9,14,17H,6-8,10-12H2. The largest absolute Gasteiger partial charge is 0.381 e. The van der Waals surface area contributed by atoms with Gasteiger partial charge in [0.25, 0.3) is 5.56 Å². The molecule has 1 fully saturated rings. The Bertz CT molecular complexity index is 630. The Labute approximate surface area is 118 Å². The molecule has 2 heterocycles. The number of aromatic nitrogens is 1. The van der Waals surface area contributed by atoms with E-state index in [-0.39, 0.29) is 5.56 Å². The first-order chi connectivity index (χ1) is 9.84. The van der Waals surface area contributed by atoms with E-state index < -0.39 is 0 Å². The van der Waals surface area contributed by atoms with Gasteiger partial charge in [0, 0.05) is 43.9 Å². The number of hydrogen-bond donors (Lipinski definition) is 1. The maximum Gasteiger partial charge on any atom is 0.258 e. The molecule has 0 atom stereocenters. The van der Waals surface area contributed by atoms with Crippen LogP contribution in [0.4, 0.5) is 0 Å². The van der Waals surface area contributed by atoms with Gasteiger partial charge in [0.1, 0.15) is 0 Å². The van der Waals surface area contributed by atoms with Crippen molar-refractivity contribution in [2.24, 2.45) is 0 Å². The lowest BCUT2D eigenvalue weighted by Gasteiger charge is -2.23. The Hall–Kier alpha value is -1.65. The fourth-order valence-corrected chi connectivity index (χ4v) is 2.70. The molecule has 106 valence electrons. The van der Waals surface area contributed by atoms with E-state index in [0.717, 1.165) is 43.4 Å². The minimum Gasteiger partial charge on any atom is -0.381 e. The lowest BCUT2D eigenvalue weighted by atomic mass is 10.1. The topological polar surface area (TPSA) is 43.3 Å². The summed E-state index contributed by atoms with van der Waals surface area (Å²) in [5, 5.41) is 5.30. The van der Waals surface area contributed by atoms with Gasteiger partial charge < -0.3 is 14.6 Å². The maximum absolute atomic E-state index is 12.3. The van der Waals surface area contributed by atoms with Gasteiger partial charge in [-0.25, -0.2) is 0 Å². The molecule has 3 rings (SSSR count). The molecular weight excluding hydrogens is 252 g/mol. The fourth-order valence-electron chi connectivity index (χ4n) is 2.70.